The molecular weight excluding hydrogens is 266 g/mol. The lowest BCUT2D eigenvalue weighted by Crippen LogP contribution is -2.02. The first-order chi connectivity index (χ1) is 10.2. The maximum atomic E-state index is 11.6. The number of fused-ring (bicyclic) bond motifs is 1. The second-order valence-electron chi connectivity index (χ2n) is 4.76. The van der Waals surface area contributed by atoms with Crippen LogP contribution in [0.5, 0.6) is 0 Å². The molecule has 3 aromatic rings. The van der Waals surface area contributed by atoms with E-state index in [0.717, 1.165) is 10.9 Å². The second kappa shape index (κ2) is 5.28. The Morgan fingerprint density at radius 1 is 1.24 bits per heavy atom. The molecule has 106 valence electrons. The Hall–Kier alpha value is -2.82. The van der Waals surface area contributed by atoms with Crippen LogP contribution in [0.25, 0.3) is 10.8 Å². The summed E-state index contributed by atoms with van der Waals surface area (Å²) in [5.74, 6) is -0.293. The number of hydrogen-bond donors (Lipinski definition) is 1. The molecule has 0 aliphatic carbocycles. The number of ether oxygens (including phenoxy) is 1. The van der Waals surface area contributed by atoms with Crippen molar-refractivity contribution >= 4 is 22.6 Å². The molecule has 3 rings (SSSR count). The van der Waals surface area contributed by atoms with Crippen molar-refractivity contribution in [3.8, 4) is 0 Å². The van der Waals surface area contributed by atoms with Crippen LogP contribution in [0, 0.1) is 0 Å². The van der Waals surface area contributed by atoms with Crippen molar-refractivity contribution in [3.05, 3.63) is 59.8 Å². The predicted octanol–water partition coefficient (Wildman–Crippen LogP) is 2.45. The van der Waals surface area contributed by atoms with Crippen molar-refractivity contribution in [2.75, 3.05) is 12.8 Å². The van der Waals surface area contributed by atoms with Gasteiger partial charge in [0.25, 0.3) is 0 Å². The van der Waals surface area contributed by atoms with E-state index in [9.17, 15) is 4.79 Å². The van der Waals surface area contributed by atoms with Gasteiger partial charge in [-0.05, 0) is 16.3 Å². The van der Waals surface area contributed by atoms with Crippen LogP contribution in [0.4, 0.5) is 5.82 Å². The highest BCUT2D eigenvalue weighted by atomic mass is 16.5. The van der Waals surface area contributed by atoms with Crippen molar-refractivity contribution in [2.24, 2.45) is 0 Å². The zero-order chi connectivity index (χ0) is 14.8. The highest BCUT2D eigenvalue weighted by Gasteiger charge is 2.14. The molecule has 2 N–H and O–H groups in total. The zero-order valence-corrected chi connectivity index (χ0v) is 11.6. The summed E-state index contributed by atoms with van der Waals surface area (Å²) in [7, 11) is 1.32. The van der Waals surface area contributed by atoms with Gasteiger partial charge in [0.2, 0.25) is 0 Å². The van der Waals surface area contributed by atoms with Crippen LogP contribution in [0.3, 0.4) is 0 Å². The molecule has 0 unspecified atom stereocenters. The van der Waals surface area contributed by atoms with E-state index in [0.29, 0.717) is 6.54 Å². The van der Waals surface area contributed by atoms with Gasteiger partial charge in [0.1, 0.15) is 5.56 Å². The number of rotatable bonds is 3. The van der Waals surface area contributed by atoms with Gasteiger partial charge in [0.15, 0.2) is 5.82 Å². The zero-order valence-electron chi connectivity index (χ0n) is 11.6. The summed E-state index contributed by atoms with van der Waals surface area (Å²) >= 11 is 0. The molecule has 0 amide bonds. The Bertz CT molecular complexity index is 803. The standard InChI is InChI=1S/C16H15N3O2/c1-21-16(20)14-10-19(18-15(14)17)9-12-7-4-6-11-5-2-3-8-13(11)12/h2-8,10H,9H2,1H3,(H2,17,18). The third kappa shape index (κ3) is 2.45. The minimum Gasteiger partial charge on any atom is -0.465 e. The summed E-state index contributed by atoms with van der Waals surface area (Å²) in [6.07, 6.45) is 1.61. The molecule has 0 bridgehead atoms. The number of nitrogen functional groups attached to an aromatic ring is 1. The summed E-state index contributed by atoms with van der Waals surface area (Å²) in [5.41, 5.74) is 7.16. The highest BCUT2D eigenvalue weighted by Crippen LogP contribution is 2.20. The minimum absolute atomic E-state index is 0.182. The Morgan fingerprint density at radius 2 is 2.00 bits per heavy atom. The number of aromatic nitrogens is 2. The largest absolute Gasteiger partial charge is 0.465 e. The number of nitrogens with two attached hydrogens (primary N) is 1. The van der Waals surface area contributed by atoms with Gasteiger partial charge in [-0.3, -0.25) is 4.68 Å². The molecule has 0 aliphatic rings. The van der Waals surface area contributed by atoms with E-state index in [2.05, 4.69) is 28.0 Å². The minimum atomic E-state index is -0.475. The molecule has 0 atom stereocenters. The molecule has 0 saturated carbocycles. The average molecular weight is 281 g/mol. The lowest BCUT2D eigenvalue weighted by atomic mass is 10.0. The number of methoxy groups -OCH3 is 1. The van der Waals surface area contributed by atoms with Crippen LogP contribution in [-0.2, 0) is 11.3 Å². The number of anilines is 1. The lowest BCUT2D eigenvalue weighted by Gasteiger charge is -2.06. The van der Waals surface area contributed by atoms with E-state index < -0.39 is 5.97 Å². The summed E-state index contributed by atoms with van der Waals surface area (Å²) in [5, 5.41) is 6.51. The molecule has 0 spiro atoms. The number of carbonyl (C=O) groups is 1. The fraction of sp³-hybridized carbons (Fsp3) is 0.125. The Kier molecular flexibility index (Phi) is 3.31. The SMILES string of the molecule is COC(=O)c1cn(Cc2cccc3ccccc23)nc1N. The quantitative estimate of drug-likeness (QED) is 0.749. The van der Waals surface area contributed by atoms with Crippen LogP contribution in [0.1, 0.15) is 15.9 Å². The number of nitrogens with zero attached hydrogens (tertiary/aromatic N) is 2. The van der Waals surface area contributed by atoms with Crippen LogP contribution < -0.4 is 5.73 Å². The fourth-order valence-electron chi connectivity index (χ4n) is 2.39. The van der Waals surface area contributed by atoms with Crippen LogP contribution >= 0.6 is 0 Å². The summed E-state index contributed by atoms with van der Waals surface area (Å²) in [4.78, 5) is 11.6. The van der Waals surface area contributed by atoms with Gasteiger partial charge in [0.05, 0.1) is 13.7 Å². The fourth-order valence-corrected chi connectivity index (χ4v) is 2.39. The smallest absolute Gasteiger partial charge is 0.343 e. The molecule has 5 nitrogen and oxygen atoms in total. The lowest BCUT2D eigenvalue weighted by molar-refractivity contribution is 0.0602. The maximum Gasteiger partial charge on any atom is 0.343 e. The maximum absolute atomic E-state index is 11.6. The summed E-state index contributed by atoms with van der Waals surface area (Å²) in [6.45, 7) is 0.544. The van der Waals surface area contributed by atoms with Crippen LogP contribution in [0.15, 0.2) is 48.7 Å². The molecule has 21 heavy (non-hydrogen) atoms. The number of hydrogen-bond acceptors (Lipinski definition) is 4. The molecule has 0 fully saturated rings. The number of esters is 1. The van der Waals surface area contributed by atoms with E-state index in [1.54, 1.807) is 10.9 Å². The predicted molar refractivity (Wildman–Crippen MR) is 81.0 cm³/mol. The number of carbonyl (C=O) groups excluding carboxylic acids is 1. The topological polar surface area (TPSA) is 70.1 Å². The molecule has 0 aliphatic heterocycles. The first-order valence-corrected chi connectivity index (χ1v) is 6.57. The average Bonchev–Trinajstić information content (AvgIpc) is 2.87. The molecule has 1 heterocycles. The van der Waals surface area contributed by atoms with Crippen molar-refractivity contribution in [1.82, 2.24) is 9.78 Å². The molecule has 1 aromatic heterocycles. The van der Waals surface area contributed by atoms with Gasteiger partial charge in [-0.25, -0.2) is 4.79 Å². The Morgan fingerprint density at radius 3 is 2.81 bits per heavy atom. The van der Waals surface area contributed by atoms with Gasteiger partial charge < -0.3 is 10.5 Å². The van der Waals surface area contributed by atoms with Crippen molar-refractivity contribution in [2.45, 2.75) is 6.54 Å². The Labute approximate surface area is 121 Å². The van der Waals surface area contributed by atoms with Gasteiger partial charge >= 0.3 is 5.97 Å². The van der Waals surface area contributed by atoms with Crippen molar-refractivity contribution < 1.29 is 9.53 Å². The summed E-state index contributed by atoms with van der Waals surface area (Å²) in [6, 6.07) is 14.3. The van der Waals surface area contributed by atoms with Crippen LogP contribution in [-0.4, -0.2) is 22.9 Å². The normalized spacial score (nSPS) is 10.7. The second-order valence-corrected chi connectivity index (χ2v) is 4.76. The van der Waals surface area contributed by atoms with Gasteiger partial charge in [-0.2, -0.15) is 5.10 Å². The Balaban J connectivity index is 1.98. The molecule has 0 saturated heterocycles. The van der Waals surface area contributed by atoms with E-state index in [4.69, 9.17) is 5.73 Å². The van der Waals surface area contributed by atoms with E-state index >= 15 is 0 Å². The molecule has 5 heteroatoms. The highest BCUT2D eigenvalue weighted by molar-refractivity contribution is 5.93. The van der Waals surface area contributed by atoms with Gasteiger partial charge in [-0.15, -0.1) is 0 Å². The summed E-state index contributed by atoms with van der Waals surface area (Å²) < 4.78 is 6.33. The van der Waals surface area contributed by atoms with E-state index in [1.807, 2.05) is 24.3 Å². The van der Waals surface area contributed by atoms with Crippen molar-refractivity contribution in [3.63, 3.8) is 0 Å². The van der Waals surface area contributed by atoms with Gasteiger partial charge in [0, 0.05) is 6.20 Å². The third-order valence-electron chi connectivity index (χ3n) is 3.41. The van der Waals surface area contributed by atoms with E-state index in [1.165, 1.54) is 12.5 Å². The van der Waals surface area contributed by atoms with Gasteiger partial charge in [-0.1, -0.05) is 42.5 Å². The molecule has 0 radical (unpaired) electrons. The monoisotopic (exact) mass is 281 g/mol. The first-order valence-electron chi connectivity index (χ1n) is 6.57. The third-order valence-corrected chi connectivity index (χ3v) is 3.41. The van der Waals surface area contributed by atoms with Crippen molar-refractivity contribution in [1.29, 1.82) is 0 Å². The molecule has 2 aromatic carbocycles. The first kappa shape index (κ1) is 13.2. The molecular formula is C16H15N3O2. The number of benzene rings is 2. The van der Waals surface area contributed by atoms with E-state index in [-0.39, 0.29) is 11.4 Å². The van der Waals surface area contributed by atoms with Crippen LogP contribution in [0.2, 0.25) is 0 Å².